The zero-order valence-electron chi connectivity index (χ0n) is 12.8. The van der Waals surface area contributed by atoms with E-state index in [1.807, 2.05) is 24.3 Å². The van der Waals surface area contributed by atoms with Crippen molar-refractivity contribution in [2.75, 3.05) is 59.6 Å². The summed E-state index contributed by atoms with van der Waals surface area (Å²) in [6, 6.07) is 7.53. The Hall–Kier alpha value is -1.14. The van der Waals surface area contributed by atoms with E-state index in [4.69, 9.17) is 9.47 Å². The predicted molar refractivity (Wildman–Crippen MR) is 82.6 cm³/mol. The summed E-state index contributed by atoms with van der Waals surface area (Å²) in [5.41, 5.74) is 0.815. The third-order valence-electron chi connectivity index (χ3n) is 3.78. The number of aliphatic hydroxyl groups is 1. The van der Waals surface area contributed by atoms with Gasteiger partial charge in [0.05, 0.1) is 19.8 Å². The number of ether oxygens (including phenoxy) is 2. The number of rotatable bonds is 8. The Morgan fingerprint density at radius 2 is 1.81 bits per heavy atom. The number of piperazine rings is 1. The van der Waals surface area contributed by atoms with Crippen molar-refractivity contribution in [2.24, 2.45) is 0 Å². The number of hydrogen-bond acceptors (Lipinski definition) is 5. The van der Waals surface area contributed by atoms with Crippen LogP contribution in [0.25, 0.3) is 0 Å². The van der Waals surface area contributed by atoms with Gasteiger partial charge in [-0.05, 0) is 13.1 Å². The van der Waals surface area contributed by atoms with Crippen LogP contribution in [-0.4, -0.2) is 74.5 Å². The molecule has 0 unspecified atom stereocenters. The first-order chi connectivity index (χ1) is 10.3. The van der Waals surface area contributed by atoms with E-state index in [2.05, 4.69) is 16.8 Å². The maximum absolute atomic E-state index is 9.20. The lowest BCUT2D eigenvalue weighted by atomic mass is 10.2. The number of likely N-dealkylation sites (N-methyl/N-ethyl adjacent to an activating group) is 1. The van der Waals surface area contributed by atoms with E-state index in [0.29, 0.717) is 13.2 Å². The van der Waals surface area contributed by atoms with Crippen molar-refractivity contribution in [3.63, 3.8) is 0 Å². The summed E-state index contributed by atoms with van der Waals surface area (Å²) >= 11 is 0. The van der Waals surface area contributed by atoms with Gasteiger partial charge in [0.1, 0.15) is 12.4 Å². The van der Waals surface area contributed by atoms with Crippen molar-refractivity contribution in [3.8, 4) is 5.75 Å². The van der Waals surface area contributed by atoms with Crippen molar-refractivity contribution in [2.45, 2.75) is 6.61 Å². The monoisotopic (exact) mass is 294 g/mol. The van der Waals surface area contributed by atoms with E-state index in [-0.39, 0.29) is 6.61 Å². The molecule has 0 amide bonds. The molecule has 2 rings (SSSR count). The van der Waals surface area contributed by atoms with E-state index < -0.39 is 0 Å². The fourth-order valence-electron chi connectivity index (χ4n) is 2.35. The zero-order valence-corrected chi connectivity index (χ0v) is 12.8. The smallest absolute Gasteiger partial charge is 0.124 e. The van der Waals surface area contributed by atoms with Crippen molar-refractivity contribution in [3.05, 3.63) is 29.8 Å². The molecule has 0 spiro atoms. The van der Waals surface area contributed by atoms with Gasteiger partial charge in [0, 0.05) is 38.3 Å². The van der Waals surface area contributed by atoms with Gasteiger partial charge in [0.2, 0.25) is 0 Å². The summed E-state index contributed by atoms with van der Waals surface area (Å²) in [4.78, 5) is 4.78. The third-order valence-corrected chi connectivity index (χ3v) is 3.78. The topological polar surface area (TPSA) is 45.2 Å². The molecule has 1 heterocycles. The SMILES string of the molecule is CN1CCN(CCOCCOc2ccccc2CO)CC1. The van der Waals surface area contributed by atoms with E-state index >= 15 is 0 Å². The predicted octanol–water partition coefficient (Wildman–Crippen LogP) is 0.822. The largest absolute Gasteiger partial charge is 0.491 e. The summed E-state index contributed by atoms with van der Waals surface area (Å²) in [6.45, 7) is 7.35. The summed E-state index contributed by atoms with van der Waals surface area (Å²) in [5, 5.41) is 9.20. The van der Waals surface area contributed by atoms with Gasteiger partial charge >= 0.3 is 0 Å². The van der Waals surface area contributed by atoms with Crippen LogP contribution in [0.3, 0.4) is 0 Å². The fraction of sp³-hybridized carbons (Fsp3) is 0.625. The normalized spacial score (nSPS) is 17.0. The number of nitrogens with zero attached hydrogens (tertiary/aromatic N) is 2. The Bertz CT molecular complexity index is 406. The highest BCUT2D eigenvalue weighted by Crippen LogP contribution is 2.17. The molecule has 1 N–H and O–H groups in total. The van der Waals surface area contributed by atoms with Crippen LogP contribution in [0.4, 0.5) is 0 Å². The Morgan fingerprint density at radius 1 is 1.05 bits per heavy atom. The van der Waals surface area contributed by atoms with E-state index in [1.165, 1.54) is 0 Å². The summed E-state index contributed by atoms with van der Waals surface area (Å²) in [6.07, 6.45) is 0. The molecule has 0 aromatic heterocycles. The van der Waals surface area contributed by atoms with E-state index in [1.54, 1.807) is 0 Å². The molecule has 1 saturated heterocycles. The van der Waals surface area contributed by atoms with Crippen LogP contribution >= 0.6 is 0 Å². The summed E-state index contributed by atoms with van der Waals surface area (Å²) in [5.74, 6) is 0.739. The molecule has 0 radical (unpaired) electrons. The number of hydrogen-bond donors (Lipinski definition) is 1. The second kappa shape index (κ2) is 9.00. The Labute approximate surface area is 127 Å². The molecule has 1 aromatic rings. The molecule has 5 nitrogen and oxygen atoms in total. The maximum atomic E-state index is 9.20. The highest BCUT2D eigenvalue weighted by atomic mass is 16.5. The van der Waals surface area contributed by atoms with Crippen molar-refractivity contribution in [1.82, 2.24) is 9.80 Å². The quantitative estimate of drug-likeness (QED) is 0.719. The fourth-order valence-corrected chi connectivity index (χ4v) is 2.35. The van der Waals surface area contributed by atoms with Gasteiger partial charge in [-0.1, -0.05) is 18.2 Å². The number of para-hydroxylation sites is 1. The van der Waals surface area contributed by atoms with Crippen molar-refractivity contribution < 1.29 is 14.6 Å². The molecule has 1 aromatic carbocycles. The highest BCUT2D eigenvalue weighted by molar-refractivity contribution is 5.32. The van der Waals surface area contributed by atoms with Crippen LogP contribution in [0.15, 0.2) is 24.3 Å². The van der Waals surface area contributed by atoms with Crippen LogP contribution in [0.5, 0.6) is 5.75 Å². The third kappa shape index (κ3) is 5.63. The number of benzene rings is 1. The van der Waals surface area contributed by atoms with Gasteiger partial charge in [0.25, 0.3) is 0 Å². The average molecular weight is 294 g/mol. The highest BCUT2D eigenvalue weighted by Gasteiger charge is 2.12. The lowest BCUT2D eigenvalue weighted by molar-refractivity contribution is 0.0654. The lowest BCUT2D eigenvalue weighted by Gasteiger charge is -2.32. The molecule has 0 atom stereocenters. The molecule has 118 valence electrons. The molecule has 1 aliphatic heterocycles. The Kier molecular flexibility index (Phi) is 6.95. The summed E-state index contributed by atoms with van der Waals surface area (Å²) in [7, 11) is 2.16. The van der Waals surface area contributed by atoms with Gasteiger partial charge in [0.15, 0.2) is 0 Å². The minimum Gasteiger partial charge on any atom is -0.491 e. The second-order valence-corrected chi connectivity index (χ2v) is 5.37. The first kappa shape index (κ1) is 16.2. The Balaban J connectivity index is 1.54. The molecule has 1 fully saturated rings. The molecular weight excluding hydrogens is 268 g/mol. The second-order valence-electron chi connectivity index (χ2n) is 5.37. The molecular formula is C16H26N2O3. The van der Waals surface area contributed by atoms with Crippen LogP contribution in [0, 0.1) is 0 Å². The Morgan fingerprint density at radius 3 is 2.57 bits per heavy atom. The standard InChI is InChI=1S/C16H26N2O3/c1-17-6-8-18(9-7-17)10-11-20-12-13-21-16-5-3-2-4-15(16)14-19/h2-5,19H,6-14H2,1H3. The van der Waals surface area contributed by atoms with Gasteiger partial charge in [-0.3, -0.25) is 4.90 Å². The average Bonchev–Trinajstić information content (AvgIpc) is 2.53. The molecule has 21 heavy (non-hydrogen) atoms. The van der Waals surface area contributed by atoms with Gasteiger partial charge in [-0.2, -0.15) is 0 Å². The first-order valence-electron chi connectivity index (χ1n) is 7.60. The summed E-state index contributed by atoms with van der Waals surface area (Å²) < 4.78 is 11.2. The van der Waals surface area contributed by atoms with Gasteiger partial charge < -0.3 is 19.5 Å². The number of aliphatic hydroxyl groups excluding tert-OH is 1. The lowest BCUT2D eigenvalue weighted by Crippen LogP contribution is -2.45. The van der Waals surface area contributed by atoms with Crippen LogP contribution in [-0.2, 0) is 11.3 Å². The van der Waals surface area contributed by atoms with Crippen molar-refractivity contribution >= 4 is 0 Å². The van der Waals surface area contributed by atoms with Gasteiger partial charge in [-0.25, -0.2) is 0 Å². The molecule has 1 aliphatic rings. The zero-order chi connectivity index (χ0) is 14.9. The van der Waals surface area contributed by atoms with E-state index in [9.17, 15) is 5.11 Å². The van der Waals surface area contributed by atoms with Crippen LogP contribution in [0.1, 0.15) is 5.56 Å². The molecule has 0 saturated carbocycles. The first-order valence-corrected chi connectivity index (χ1v) is 7.60. The van der Waals surface area contributed by atoms with Crippen LogP contribution in [0.2, 0.25) is 0 Å². The van der Waals surface area contributed by atoms with Gasteiger partial charge in [-0.15, -0.1) is 0 Å². The van der Waals surface area contributed by atoms with Crippen LogP contribution < -0.4 is 4.74 Å². The minimum atomic E-state index is 0.000433. The molecule has 5 heteroatoms. The van der Waals surface area contributed by atoms with Crippen molar-refractivity contribution in [1.29, 1.82) is 0 Å². The minimum absolute atomic E-state index is 0.000433. The molecule has 0 bridgehead atoms. The molecule has 0 aliphatic carbocycles. The maximum Gasteiger partial charge on any atom is 0.124 e. The van der Waals surface area contributed by atoms with E-state index in [0.717, 1.165) is 50.6 Å².